The number of allylic oxidation sites excluding steroid dienone is 1. The van der Waals surface area contributed by atoms with E-state index < -0.39 is 5.41 Å². The zero-order chi connectivity index (χ0) is 24.7. The molecule has 1 heterocycles. The molecule has 3 atom stereocenters. The number of methoxy groups -OCH3 is 1. The van der Waals surface area contributed by atoms with E-state index in [-0.39, 0.29) is 17.3 Å². The number of carbonyl (C=O) groups excluding carboxylic acids is 1. The van der Waals surface area contributed by atoms with Crippen LogP contribution in [0, 0.1) is 11.3 Å². The van der Waals surface area contributed by atoms with Crippen LogP contribution in [0.3, 0.4) is 0 Å². The van der Waals surface area contributed by atoms with Crippen LogP contribution in [0.2, 0.25) is 0 Å². The largest absolute Gasteiger partial charge is 0.469 e. The number of nitrogens with zero attached hydrogens (tertiary/aromatic N) is 2. The van der Waals surface area contributed by atoms with Crippen LogP contribution in [0.4, 0.5) is 0 Å². The van der Waals surface area contributed by atoms with E-state index in [2.05, 4.69) is 86.7 Å². The summed E-state index contributed by atoms with van der Waals surface area (Å²) >= 11 is 0. The summed E-state index contributed by atoms with van der Waals surface area (Å²) in [5.74, 6) is -0.0363. The van der Waals surface area contributed by atoms with Gasteiger partial charge in [-0.2, -0.15) is 0 Å². The van der Waals surface area contributed by atoms with Crippen LogP contribution < -0.4 is 0 Å². The molecule has 0 bridgehead atoms. The lowest BCUT2D eigenvalue weighted by Crippen LogP contribution is -2.50. The maximum absolute atomic E-state index is 12.9. The van der Waals surface area contributed by atoms with Gasteiger partial charge in [0.05, 0.1) is 34.6 Å². The van der Waals surface area contributed by atoms with Crippen molar-refractivity contribution in [3.05, 3.63) is 77.9 Å². The number of hydrogen-bond donors (Lipinski definition) is 0. The molecule has 5 aromatic rings. The number of hydrogen-bond acceptors (Lipinski definition) is 4. The topological polar surface area (TPSA) is 52.1 Å². The number of rotatable bonds is 1. The molecule has 1 fully saturated rings. The highest BCUT2D eigenvalue weighted by atomic mass is 16.5. The quantitative estimate of drug-likeness (QED) is 0.145. The second kappa shape index (κ2) is 7.36. The molecular weight excluding hydrogens is 444 g/mol. The van der Waals surface area contributed by atoms with Crippen molar-refractivity contribution in [2.24, 2.45) is 11.3 Å². The van der Waals surface area contributed by atoms with Gasteiger partial charge < -0.3 is 4.74 Å². The van der Waals surface area contributed by atoms with Crippen molar-refractivity contribution in [1.82, 2.24) is 9.97 Å². The Morgan fingerprint density at radius 2 is 1.47 bits per heavy atom. The monoisotopic (exact) mass is 472 g/mol. The van der Waals surface area contributed by atoms with Gasteiger partial charge >= 0.3 is 5.97 Å². The predicted molar refractivity (Wildman–Crippen MR) is 146 cm³/mol. The average Bonchev–Trinajstić information content (AvgIpc) is 2.91. The van der Waals surface area contributed by atoms with Crippen molar-refractivity contribution in [1.29, 1.82) is 0 Å². The zero-order valence-corrected chi connectivity index (χ0v) is 20.8. The third kappa shape index (κ3) is 2.67. The molecule has 1 aromatic heterocycles. The van der Waals surface area contributed by atoms with Crippen LogP contribution in [0.5, 0.6) is 0 Å². The van der Waals surface area contributed by atoms with Gasteiger partial charge in [0.1, 0.15) is 0 Å². The fourth-order valence-corrected chi connectivity index (χ4v) is 7.25. The molecule has 2 aliphatic rings. The van der Waals surface area contributed by atoms with Gasteiger partial charge in [-0.3, -0.25) is 4.79 Å². The Kier molecular flexibility index (Phi) is 4.39. The molecule has 36 heavy (non-hydrogen) atoms. The Labute approximate surface area is 210 Å². The van der Waals surface area contributed by atoms with E-state index in [4.69, 9.17) is 14.7 Å². The molecular formula is C32H28N2O2. The minimum absolute atomic E-state index is 0.0781. The number of fused-ring (bicyclic) bond motifs is 11. The Hall–Kier alpha value is -3.79. The number of carbonyl (C=O) groups is 1. The molecule has 1 saturated carbocycles. The Morgan fingerprint density at radius 3 is 2.14 bits per heavy atom. The fraction of sp³-hybridized carbons (Fsp3) is 0.281. The Morgan fingerprint density at radius 1 is 0.833 bits per heavy atom. The van der Waals surface area contributed by atoms with E-state index in [0.717, 1.165) is 57.7 Å². The van der Waals surface area contributed by atoms with E-state index in [1.54, 1.807) is 0 Å². The summed E-state index contributed by atoms with van der Waals surface area (Å²) in [5.41, 5.74) is 5.41. The molecule has 0 spiro atoms. The van der Waals surface area contributed by atoms with Gasteiger partial charge in [0, 0.05) is 27.7 Å². The molecule has 4 heteroatoms. The lowest BCUT2D eigenvalue weighted by atomic mass is 9.51. The van der Waals surface area contributed by atoms with Crippen LogP contribution in [0.1, 0.15) is 44.2 Å². The highest BCUT2D eigenvalue weighted by Crippen LogP contribution is 2.57. The second-order valence-electron chi connectivity index (χ2n) is 10.9. The summed E-state index contributed by atoms with van der Waals surface area (Å²) in [4.78, 5) is 23.4. The summed E-state index contributed by atoms with van der Waals surface area (Å²) in [5, 5.41) is 4.65. The first-order valence-corrected chi connectivity index (χ1v) is 12.8. The Bertz CT molecular complexity index is 1770. The maximum Gasteiger partial charge on any atom is 0.312 e. The normalized spacial score (nSPS) is 25.2. The van der Waals surface area contributed by atoms with Crippen LogP contribution in [0.25, 0.3) is 49.7 Å². The lowest BCUT2D eigenvalue weighted by molar-refractivity contribution is -0.158. The zero-order valence-electron chi connectivity index (χ0n) is 20.8. The highest BCUT2D eigenvalue weighted by molar-refractivity contribution is 6.23. The lowest BCUT2D eigenvalue weighted by Gasteiger charge is -2.51. The van der Waals surface area contributed by atoms with Gasteiger partial charge in [-0.15, -0.1) is 0 Å². The van der Waals surface area contributed by atoms with Gasteiger partial charge in [0.25, 0.3) is 0 Å². The standard InChI is InChI=1S/C32H28N2O2/c1-31-17-8-18-32(2,30(35)36-3)26(31)16-13-23-24(31)14-15-25-27(23)34-29-22-12-7-5-10-20(22)19-9-4-6-11-21(19)28(29)33-25/h4-7,9-16,26H,8,17-18H2,1-3H3/t26?,31-,32-/m1/s1. The first kappa shape index (κ1) is 21.5. The van der Waals surface area contributed by atoms with E-state index in [1.807, 2.05) is 0 Å². The third-order valence-corrected chi connectivity index (χ3v) is 9.02. The SMILES string of the molecule is COC(=O)[C@]1(C)CCC[C@]2(C)c3ccc4nc5c6ccccc6c6ccccc6c5nc4c3C=CC12. The van der Waals surface area contributed by atoms with Crippen molar-refractivity contribution >= 4 is 55.7 Å². The van der Waals surface area contributed by atoms with Crippen molar-refractivity contribution in [2.75, 3.05) is 7.11 Å². The Balaban J connectivity index is 1.54. The van der Waals surface area contributed by atoms with Gasteiger partial charge in [0.15, 0.2) is 0 Å². The van der Waals surface area contributed by atoms with Crippen molar-refractivity contribution in [3.8, 4) is 0 Å². The van der Waals surface area contributed by atoms with Crippen LogP contribution in [-0.2, 0) is 14.9 Å². The molecule has 4 aromatic carbocycles. The van der Waals surface area contributed by atoms with Gasteiger partial charge in [-0.05, 0) is 42.2 Å². The molecule has 1 unspecified atom stereocenters. The maximum atomic E-state index is 12.9. The molecule has 0 N–H and O–H groups in total. The molecule has 0 saturated heterocycles. The number of aromatic nitrogens is 2. The summed E-state index contributed by atoms with van der Waals surface area (Å²) in [6, 6.07) is 21.3. The van der Waals surface area contributed by atoms with E-state index in [9.17, 15) is 4.79 Å². The molecule has 2 aliphatic carbocycles. The van der Waals surface area contributed by atoms with Gasteiger partial charge in [0.2, 0.25) is 0 Å². The first-order chi connectivity index (χ1) is 17.5. The predicted octanol–water partition coefficient (Wildman–Crippen LogP) is 7.35. The highest BCUT2D eigenvalue weighted by Gasteiger charge is 2.54. The molecule has 7 rings (SSSR count). The summed E-state index contributed by atoms with van der Waals surface area (Å²) in [6.45, 7) is 4.38. The summed E-state index contributed by atoms with van der Waals surface area (Å²) in [6.07, 6.45) is 7.28. The molecule has 4 nitrogen and oxygen atoms in total. The van der Waals surface area contributed by atoms with Crippen molar-refractivity contribution in [2.45, 2.75) is 38.5 Å². The van der Waals surface area contributed by atoms with Crippen LogP contribution >= 0.6 is 0 Å². The van der Waals surface area contributed by atoms with E-state index >= 15 is 0 Å². The minimum Gasteiger partial charge on any atom is -0.469 e. The molecule has 0 aliphatic heterocycles. The average molecular weight is 473 g/mol. The van der Waals surface area contributed by atoms with Crippen LogP contribution in [0.15, 0.2) is 66.7 Å². The smallest absolute Gasteiger partial charge is 0.312 e. The van der Waals surface area contributed by atoms with Gasteiger partial charge in [-0.25, -0.2) is 9.97 Å². The van der Waals surface area contributed by atoms with Crippen molar-refractivity contribution < 1.29 is 9.53 Å². The third-order valence-electron chi connectivity index (χ3n) is 9.02. The molecule has 0 amide bonds. The number of esters is 1. The summed E-state index contributed by atoms with van der Waals surface area (Å²) < 4.78 is 5.27. The number of benzene rings is 4. The summed E-state index contributed by atoms with van der Waals surface area (Å²) in [7, 11) is 1.50. The van der Waals surface area contributed by atoms with Crippen molar-refractivity contribution in [3.63, 3.8) is 0 Å². The minimum atomic E-state index is -0.533. The van der Waals surface area contributed by atoms with E-state index in [1.165, 1.54) is 23.4 Å². The second-order valence-corrected chi connectivity index (χ2v) is 10.9. The fourth-order valence-electron chi connectivity index (χ4n) is 7.25. The molecule has 178 valence electrons. The van der Waals surface area contributed by atoms with Gasteiger partial charge in [-0.1, -0.05) is 80.1 Å². The number of ether oxygens (including phenoxy) is 1. The van der Waals surface area contributed by atoms with E-state index in [0.29, 0.717) is 0 Å². The first-order valence-electron chi connectivity index (χ1n) is 12.8. The molecule has 0 radical (unpaired) electrons. The van der Waals surface area contributed by atoms with Crippen LogP contribution in [-0.4, -0.2) is 23.0 Å².